The highest BCUT2D eigenvalue weighted by Crippen LogP contribution is 2.21. The van der Waals surface area contributed by atoms with E-state index in [-0.39, 0.29) is 29.3 Å². The Labute approximate surface area is 154 Å². The van der Waals surface area contributed by atoms with Gasteiger partial charge >= 0.3 is 0 Å². The highest BCUT2D eigenvalue weighted by molar-refractivity contribution is 9.10. The van der Waals surface area contributed by atoms with Crippen LogP contribution in [0.5, 0.6) is 11.5 Å². The molecule has 0 fully saturated rings. The third kappa shape index (κ3) is 5.18. The summed E-state index contributed by atoms with van der Waals surface area (Å²) in [6.07, 6.45) is 0. The molecule has 25 heavy (non-hydrogen) atoms. The van der Waals surface area contributed by atoms with Crippen LogP contribution in [0.3, 0.4) is 0 Å². The molecule has 0 spiro atoms. The third-order valence-corrected chi connectivity index (χ3v) is 5.25. The molecule has 134 valence electrons. The van der Waals surface area contributed by atoms with Gasteiger partial charge in [-0.3, -0.25) is 4.79 Å². The molecule has 0 saturated heterocycles. The van der Waals surface area contributed by atoms with Crippen LogP contribution < -0.4 is 14.8 Å². The van der Waals surface area contributed by atoms with Gasteiger partial charge in [0.05, 0.1) is 17.6 Å². The molecular formula is C16H17BrN2O5S. The number of amides is 1. The number of rotatable bonds is 7. The van der Waals surface area contributed by atoms with E-state index in [1.54, 1.807) is 18.2 Å². The molecule has 0 aliphatic rings. The molecule has 7 nitrogen and oxygen atoms in total. The Balaban J connectivity index is 1.89. The van der Waals surface area contributed by atoms with E-state index in [1.165, 1.54) is 31.4 Å². The van der Waals surface area contributed by atoms with E-state index >= 15 is 0 Å². The second-order valence-corrected chi connectivity index (χ2v) is 7.67. The Bertz CT molecular complexity index is 853. The summed E-state index contributed by atoms with van der Waals surface area (Å²) in [5.41, 5.74) is 0.104. The SMILES string of the molecule is COc1ccc(S(=O)(=O)NCCNC(=O)c2cc(Br)ccc2O)cc1. The van der Waals surface area contributed by atoms with Crippen LogP contribution in [-0.4, -0.2) is 39.6 Å². The van der Waals surface area contributed by atoms with E-state index in [4.69, 9.17) is 4.74 Å². The number of aromatic hydroxyl groups is 1. The maximum atomic E-state index is 12.1. The van der Waals surface area contributed by atoms with Gasteiger partial charge in [0.25, 0.3) is 5.91 Å². The fourth-order valence-electron chi connectivity index (χ4n) is 1.98. The summed E-state index contributed by atoms with van der Waals surface area (Å²) >= 11 is 3.22. The van der Waals surface area contributed by atoms with Crippen molar-refractivity contribution in [1.29, 1.82) is 0 Å². The summed E-state index contributed by atoms with van der Waals surface area (Å²) in [5.74, 6) is -0.0954. The van der Waals surface area contributed by atoms with Gasteiger partial charge in [-0.15, -0.1) is 0 Å². The zero-order valence-electron chi connectivity index (χ0n) is 13.3. The van der Waals surface area contributed by atoms with Crippen molar-refractivity contribution in [3.05, 3.63) is 52.5 Å². The average molecular weight is 429 g/mol. The molecule has 0 bridgehead atoms. The normalized spacial score (nSPS) is 11.1. The van der Waals surface area contributed by atoms with Crippen LogP contribution in [-0.2, 0) is 10.0 Å². The summed E-state index contributed by atoms with van der Waals surface area (Å²) in [6, 6.07) is 10.4. The minimum atomic E-state index is -3.68. The van der Waals surface area contributed by atoms with Crippen LogP contribution in [0.4, 0.5) is 0 Å². The van der Waals surface area contributed by atoms with Crippen molar-refractivity contribution in [2.45, 2.75) is 4.90 Å². The first-order chi connectivity index (χ1) is 11.8. The van der Waals surface area contributed by atoms with Gasteiger partial charge in [-0.25, -0.2) is 13.1 Å². The van der Waals surface area contributed by atoms with Gasteiger partial charge in [0.15, 0.2) is 0 Å². The van der Waals surface area contributed by atoms with Crippen molar-refractivity contribution in [3.63, 3.8) is 0 Å². The number of hydrogen-bond donors (Lipinski definition) is 3. The minimum absolute atomic E-state index is 0.00880. The van der Waals surface area contributed by atoms with Gasteiger partial charge in [-0.2, -0.15) is 0 Å². The van der Waals surface area contributed by atoms with Gasteiger partial charge in [0.2, 0.25) is 10.0 Å². The number of ether oxygens (including phenoxy) is 1. The molecule has 0 atom stereocenters. The number of phenols is 1. The molecule has 2 aromatic carbocycles. The van der Waals surface area contributed by atoms with Crippen molar-refractivity contribution >= 4 is 31.9 Å². The van der Waals surface area contributed by atoms with Crippen molar-refractivity contribution in [1.82, 2.24) is 10.0 Å². The summed E-state index contributed by atoms with van der Waals surface area (Å²) in [7, 11) is -2.18. The van der Waals surface area contributed by atoms with Crippen molar-refractivity contribution < 1.29 is 23.1 Å². The molecular weight excluding hydrogens is 412 g/mol. The van der Waals surface area contributed by atoms with Crippen LogP contribution in [0, 0.1) is 0 Å². The number of halogens is 1. The molecule has 0 heterocycles. The topological polar surface area (TPSA) is 105 Å². The van der Waals surface area contributed by atoms with Crippen molar-refractivity contribution in [3.8, 4) is 11.5 Å². The standard InChI is InChI=1S/C16H17BrN2O5S/c1-24-12-3-5-13(6-4-12)25(22,23)19-9-8-18-16(21)14-10-11(17)2-7-15(14)20/h2-7,10,19-20H,8-9H2,1H3,(H,18,21). The van der Waals surface area contributed by atoms with Crippen LogP contribution in [0.1, 0.15) is 10.4 Å². The molecule has 0 unspecified atom stereocenters. The van der Waals surface area contributed by atoms with E-state index < -0.39 is 15.9 Å². The first kappa shape index (κ1) is 19.2. The maximum Gasteiger partial charge on any atom is 0.255 e. The number of methoxy groups -OCH3 is 1. The molecule has 0 saturated carbocycles. The number of hydrogen-bond acceptors (Lipinski definition) is 5. The lowest BCUT2D eigenvalue weighted by Crippen LogP contribution is -2.34. The second kappa shape index (κ2) is 8.32. The number of nitrogens with one attached hydrogen (secondary N) is 2. The summed E-state index contributed by atoms with van der Waals surface area (Å²) in [6.45, 7) is 0.0784. The summed E-state index contributed by atoms with van der Waals surface area (Å²) in [5, 5.41) is 12.2. The molecule has 0 aromatic heterocycles. The van der Waals surface area contributed by atoms with E-state index in [1.807, 2.05) is 0 Å². The fourth-order valence-corrected chi connectivity index (χ4v) is 3.38. The number of sulfonamides is 1. The van der Waals surface area contributed by atoms with E-state index in [0.717, 1.165) is 0 Å². The number of benzene rings is 2. The van der Waals surface area contributed by atoms with E-state index in [9.17, 15) is 18.3 Å². The Morgan fingerprint density at radius 2 is 1.84 bits per heavy atom. The Kier molecular flexibility index (Phi) is 6.40. The molecule has 1 amide bonds. The Hall–Kier alpha value is -2.10. The lowest BCUT2D eigenvalue weighted by Gasteiger charge is -2.09. The zero-order chi connectivity index (χ0) is 18.4. The summed E-state index contributed by atoms with van der Waals surface area (Å²) < 4.78 is 32.3. The number of phenolic OH excluding ortho intramolecular Hbond substituents is 1. The molecule has 3 N–H and O–H groups in total. The number of carbonyl (C=O) groups is 1. The molecule has 0 aliphatic heterocycles. The second-order valence-electron chi connectivity index (χ2n) is 4.99. The Morgan fingerprint density at radius 1 is 1.16 bits per heavy atom. The average Bonchev–Trinajstić information content (AvgIpc) is 2.60. The number of carbonyl (C=O) groups excluding carboxylic acids is 1. The lowest BCUT2D eigenvalue weighted by atomic mass is 10.2. The van der Waals surface area contributed by atoms with E-state index in [0.29, 0.717) is 10.2 Å². The molecule has 2 aromatic rings. The Morgan fingerprint density at radius 3 is 2.48 bits per heavy atom. The van der Waals surface area contributed by atoms with Gasteiger partial charge < -0.3 is 15.2 Å². The highest BCUT2D eigenvalue weighted by atomic mass is 79.9. The quantitative estimate of drug-likeness (QED) is 0.583. The van der Waals surface area contributed by atoms with Gasteiger partial charge in [-0.05, 0) is 42.5 Å². The molecule has 2 rings (SSSR count). The first-order valence-corrected chi connectivity index (χ1v) is 9.51. The molecule has 0 radical (unpaired) electrons. The fraction of sp³-hybridized carbons (Fsp3) is 0.188. The van der Waals surface area contributed by atoms with Crippen LogP contribution >= 0.6 is 15.9 Å². The maximum absolute atomic E-state index is 12.1. The van der Waals surface area contributed by atoms with Crippen molar-refractivity contribution in [2.75, 3.05) is 20.2 Å². The van der Waals surface area contributed by atoms with Crippen molar-refractivity contribution in [2.24, 2.45) is 0 Å². The van der Waals surface area contributed by atoms with Crippen LogP contribution in [0.25, 0.3) is 0 Å². The predicted molar refractivity (Wildman–Crippen MR) is 96.3 cm³/mol. The first-order valence-electron chi connectivity index (χ1n) is 7.24. The highest BCUT2D eigenvalue weighted by Gasteiger charge is 2.14. The van der Waals surface area contributed by atoms with Gasteiger partial charge in [-0.1, -0.05) is 15.9 Å². The lowest BCUT2D eigenvalue weighted by molar-refractivity contribution is 0.0951. The minimum Gasteiger partial charge on any atom is -0.507 e. The van der Waals surface area contributed by atoms with Crippen LogP contribution in [0.2, 0.25) is 0 Å². The molecule has 9 heteroatoms. The van der Waals surface area contributed by atoms with Gasteiger partial charge in [0.1, 0.15) is 11.5 Å². The van der Waals surface area contributed by atoms with Gasteiger partial charge in [0, 0.05) is 17.6 Å². The predicted octanol–water partition coefficient (Wildman–Crippen LogP) is 1.87. The van der Waals surface area contributed by atoms with Crippen LogP contribution in [0.15, 0.2) is 51.8 Å². The monoisotopic (exact) mass is 428 g/mol. The third-order valence-electron chi connectivity index (χ3n) is 3.28. The smallest absolute Gasteiger partial charge is 0.255 e. The molecule has 0 aliphatic carbocycles. The largest absolute Gasteiger partial charge is 0.507 e. The van der Waals surface area contributed by atoms with E-state index in [2.05, 4.69) is 26.0 Å². The zero-order valence-corrected chi connectivity index (χ0v) is 15.7. The summed E-state index contributed by atoms with van der Waals surface area (Å²) in [4.78, 5) is 12.1.